The summed E-state index contributed by atoms with van der Waals surface area (Å²) < 4.78 is 6.42. The second kappa shape index (κ2) is 5.61. The van der Waals surface area contributed by atoms with Gasteiger partial charge in [-0.3, -0.25) is 4.79 Å². The molecule has 0 radical (unpaired) electrons. The molecule has 1 aromatic rings. The van der Waals surface area contributed by atoms with Crippen LogP contribution in [0, 0.1) is 0 Å². The standard InChI is InChI=1S/C14H19BrN2O2/c1-10-9-17(7-8-19-10)13(18)14(2,16)11-3-5-12(15)6-4-11/h3-6,10H,7-9,16H2,1-2H3. The van der Waals surface area contributed by atoms with E-state index < -0.39 is 5.54 Å². The molecule has 104 valence electrons. The van der Waals surface area contributed by atoms with E-state index >= 15 is 0 Å². The van der Waals surface area contributed by atoms with Crippen molar-refractivity contribution in [3.63, 3.8) is 0 Å². The van der Waals surface area contributed by atoms with Gasteiger partial charge in [0.2, 0.25) is 5.91 Å². The Morgan fingerprint density at radius 3 is 2.68 bits per heavy atom. The van der Waals surface area contributed by atoms with Crippen molar-refractivity contribution in [2.75, 3.05) is 19.7 Å². The number of benzene rings is 1. The van der Waals surface area contributed by atoms with Crippen LogP contribution < -0.4 is 5.73 Å². The van der Waals surface area contributed by atoms with Crippen molar-refractivity contribution in [2.45, 2.75) is 25.5 Å². The highest BCUT2D eigenvalue weighted by atomic mass is 79.9. The minimum Gasteiger partial charge on any atom is -0.375 e. The summed E-state index contributed by atoms with van der Waals surface area (Å²) in [5, 5.41) is 0. The summed E-state index contributed by atoms with van der Waals surface area (Å²) in [6.07, 6.45) is 0.0680. The maximum absolute atomic E-state index is 12.6. The first-order valence-corrected chi connectivity index (χ1v) is 7.16. The molecule has 1 aliphatic heterocycles. The molecule has 2 rings (SSSR count). The summed E-state index contributed by atoms with van der Waals surface area (Å²) in [4.78, 5) is 14.4. The Labute approximate surface area is 122 Å². The Kier molecular flexibility index (Phi) is 4.28. The minimum absolute atomic E-state index is 0.0510. The van der Waals surface area contributed by atoms with Gasteiger partial charge in [-0.2, -0.15) is 0 Å². The number of hydrogen-bond donors (Lipinski definition) is 1. The van der Waals surface area contributed by atoms with Crippen LogP contribution in [0.4, 0.5) is 0 Å². The van der Waals surface area contributed by atoms with Gasteiger partial charge in [0.15, 0.2) is 0 Å². The van der Waals surface area contributed by atoms with Crippen LogP contribution in [0.15, 0.2) is 28.7 Å². The lowest BCUT2D eigenvalue weighted by molar-refractivity contribution is -0.143. The normalized spacial score (nSPS) is 22.9. The smallest absolute Gasteiger partial charge is 0.247 e. The molecule has 0 spiro atoms. The van der Waals surface area contributed by atoms with Crippen molar-refractivity contribution in [1.82, 2.24) is 4.90 Å². The molecule has 0 saturated carbocycles. The quantitative estimate of drug-likeness (QED) is 0.902. The van der Waals surface area contributed by atoms with Gasteiger partial charge in [-0.15, -0.1) is 0 Å². The number of morpholine rings is 1. The Morgan fingerprint density at radius 1 is 1.47 bits per heavy atom. The maximum Gasteiger partial charge on any atom is 0.247 e. The average molecular weight is 327 g/mol. The fraction of sp³-hybridized carbons (Fsp3) is 0.500. The van der Waals surface area contributed by atoms with Gasteiger partial charge < -0.3 is 15.4 Å². The van der Waals surface area contributed by atoms with E-state index in [-0.39, 0.29) is 12.0 Å². The first-order chi connectivity index (χ1) is 8.91. The summed E-state index contributed by atoms with van der Waals surface area (Å²) >= 11 is 3.38. The number of rotatable bonds is 2. The van der Waals surface area contributed by atoms with Crippen LogP contribution in [-0.2, 0) is 15.1 Å². The highest BCUT2D eigenvalue weighted by molar-refractivity contribution is 9.10. The van der Waals surface area contributed by atoms with Gasteiger partial charge in [0.1, 0.15) is 5.54 Å². The Bertz CT molecular complexity index is 459. The van der Waals surface area contributed by atoms with Gasteiger partial charge in [0.25, 0.3) is 0 Å². The molecule has 1 amide bonds. The number of ether oxygens (including phenoxy) is 1. The maximum atomic E-state index is 12.6. The van der Waals surface area contributed by atoms with Crippen LogP contribution in [0.2, 0.25) is 0 Å². The van der Waals surface area contributed by atoms with Crippen molar-refractivity contribution < 1.29 is 9.53 Å². The SMILES string of the molecule is CC1CN(C(=O)C(C)(N)c2ccc(Br)cc2)CCO1. The lowest BCUT2D eigenvalue weighted by Crippen LogP contribution is -2.55. The first-order valence-electron chi connectivity index (χ1n) is 6.37. The molecule has 5 heteroatoms. The van der Waals surface area contributed by atoms with E-state index in [0.29, 0.717) is 19.7 Å². The zero-order chi connectivity index (χ0) is 14.0. The van der Waals surface area contributed by atoms with Crippen molar-refractivity contribution >= 4 is 21.8 Å². The van der Waals surface area contributed by atoms with E-state index in [1.165, 1.54) is 0 Å². The molecule has 1 saturated heterocycles. The third kappa shape index (κ3) is 3.16. The predicted molar refractivity (Wildman–Crippen MR) is 77.7 cm³/mol. The monoisotopic (exact) mass is 326 g/mol. The van der Waals surface area contributed by atoms with E-state index in [1.807, 2.05) is 31.2 Å². The van der Waals surface area contributed by atoms with Crippen LogP contribution >= 0.6 is 15.9 Å². The Morgan fingerprint density at radius 2 is 2.11 bits per heavy atom. The molecule has 0 aliphatic carbocycles. The number of nitrogens with zero attached hydrogens (tertiary/aromatic N) is 1. The van der Waals surface area contributed by atoms with Crippen molar-refractivity contribution in [3.05, 3.63) is 34.3 Å². The highest BCUT2D eigenvalue weighted by Gasteiger charge is 2.36. The summed E-state index contributed by atoms with van der Waals surface area (Å²) in [5.74, 6) is -0.0510. The van der Waals surface area contributed by atoms with Crippen LogP contribution in [0.5, 0.6) is 0 Å². The lowest BCUT2D eigenvalue weighted by atomic mass is 9.91. The average Bonchev–Trinajstić information content (AvgIpc) is 2.38. The van der Waals surface area contributed by atoms with Gasteiger partial charge in [-0.25, -0.2) is 0 Å². The first kappa shape index (κ1) is 14.5. The molecular weight excluding hydrogens is 308 g/mol. The van der Waals surface area contributed by atoms with Gasteiger partial charge >= 0.3 is 0 Å². The van der Waals surface area contributed by atoms with Gasteiger partial charge in [0, 0.05) is 17.6 Å². The molecule has 1 fully saturated rings. The highest BCUT2D eigenvalue weighted by Crippen LogP contribution is 2.23. The van der Waals surface area contributed by atoms with E-state index in [0.717, 1.165) is 10.0 Å². The van der Waals surface area contributed by atoms with E-state index in [1.54, 1.807) is 11.8 Å². The van der Waals surface area contributed by atoms with Gasteiger partial charge in [0.05, 0.1) is 12.7 Å². The molecule has 2 N–H and O–H groups in total. The number of hydrogen-bond acceptors (Lipinski definition) is 3. The number of amides is 1. The van der Waals surface area contributed by atoms with Crippen LogP contribution in [0.25, 0.3) is 0 Å². The zero-order valence-corrected chi connectivity index (χ0v) is 12.8. The summed E-state index contributed by atoms with van der Waals surface area (Å²) in [6.45, 7) is 5.50. The molecule has 1 aromatic carbocycles. The number of halogens is 1. The molecular formula is C14H19BrN2O2. The molecule has 2 atom stereocenters. The number of nitrogens with two attached hydrogens (primary N) is 1. The topological polar surface area (TPSA) is 55.6 Å². The van der Waals surface area contributed by atoms with Crippen LogP contribution in [-0.4, -0.2) is 36.6 Å². The molecule has 1 aliphatic rings. The summed E-state index contributed by atoms with van der Waals surface area (Å²) in [7, 11) is 0. The van der Waals surface area contributed by atoms with E-state index in [4.69, 9.17) is 10.5 Å². The fourth-order valence-electron chi connectivity index (χ4n) is 2.25. The minimum atomic E-state index is -1.00. The van der Waals surface area contributed by atoms with Crippen molar-refractivity contribution in [1.29, 1.82) is 0 Å². The molecule has 19 heavy (non-hydrogen) atoms. The Balaban J connectivity index is 2.18. The zero-order valence-electron chi connectivity index (χ0n) is 11.2. The fourth-order valence-corrected chi connectivity index (χ4v) is 2.52. The van der Waals surface area contributed by atoms with Gasteiger partial charge in [-0.05, 0) is 31.5 Å². The summed E-state index contributed by atoms with van der Waals surface area (Å²) in [6, 6.07) is 7.56. The van der Waals surface area contributed by atoms with Gasteiger partial charge in [-0.1, -0.05) is 28.1 Å². The third-order valence-corrected chi connectivity index (χ3v) is 3.95. The van der Waals surface area contributed by atoms with Crippen LogP contribution in [0.1, 0.15) is 19.4 Å². The van der Waals surface area contributed by atoms with Crippen molar-refractivity contribution in [3.8, 4) is 0 Å². The molecule has 0 aromatic heterocycles. The van der Waals surface area contributed by atoms with E-state index in [9.17, 15) is 4.79 Å². The van der Waals surface area contributed by atoms with E-state index in [2.05, 4.69) is 15.9 Å². The number of carbonyl (C=O) groups excluding carboxylic acids is 1. The molecule has 0 bridgehead atoms. The molecule has 4 nitrogen and oxygen atoms in total. The molecule has 1 heterocycles. The predicted octanol–water partition coefficient (Wildman–Crippen LogP) is 1.87. The second-order valence-corrected chi connectivity index (χ2v) is 6.06. The lowest BCUT2D eigenvalue weighted by Gasteiger charge is -2.36. The Hall–Kier alpha value is -0.910. The van der Waals surface area contributed by atoms with Crippen LogP contribution in [0.3, 0.4) is 0 Å². The van der Waals surface area contributed by atoms with Crippen molar-refractivity contribution in [2.24, 2.45) is 5.73 Å². The molecule has 2 unspecified atom stereocenters. The summed E-state index contributed by atoms with van der Waals surface area (Å²) in [5.41, 5.74) is 6.08. The largest absolute Gasteiger partial charge is 0.375 e. The second-order valence-electron chi connectivity index (χ2n) is 5.14. The third-order valence-electron chi connectivity index (χ3n) is 3.42. The number of carbonyl (C=O) groups is 1.